The van der Waals surface area contributed by atoms with Crippen LogP contribution in [0.5, 0.6) is 0 Å². The zero-order valence-electron chi connectivity index (χ0n) is 16.5. The first-order valence-electron chi connectivity index (χ1n) is 10.3. The number of rotatable bonds is 4. The van der Waals surface area contributed by atoms with Gasteiger partial charge in [-0.25, -0.2) is 9.29 Å². The molecule has 3 heterocycles. The molecule has 1 aromatic carbocycles. The number of anilines is 1. The fourth-order valence-electron chi connectivity index (χ4n) is 5.03. The van der Waals surface area contributed by atoms with Gasteiger partial charge in [0.1, 0.15) is 11.4 Å². The van der Waals surface area contributed by atoms with Gasteiger partial charge in [0.25, 0.3) is 5.91 Å². The molecule has 3 aliphatic rings. The van der Waals surface area contributed by atoms with Gasteiger partial charge in [-0.3, -0.25) is 24.2 Å². The van der Waals surface area contributed by atoms with E-state index in [1.165, 1.54) is 24.6 Å². The molecular formula is C21H27FN4O3. The molecule has 2 N–H and O–H groups in total. The molecule has 0 radical (unpaired) electrons. The first-order chi connectivity index (χ1) is 13.9. The molecular weight excluding hydrogens is 375 g/mol. The number of para-hydroxylation sites is 1. The topological polar surface area (TPSA) is 87.0 Å². The summed E-state index contributed by atoms with van der Waals surface area (Å²) in [5.74, 6) is -1.69. The van der Waals surface area contributed by atoms with Crippen LogP contribution in [0.1, 0.15) is 38.5 Å². The van der Waals surface area contributed by atoms with Crippen molar-refractivity contribution >= 4 is 23.4 Å². The van der Waals surface area contributed by atoms with E-state index in [0.717, 1.165) is 30.8 Å². The average Bonchev–Trinajstić information content (AvgIpc) is 3.03. The number of carbonyl (C=O) groups is 3. The molecule has 8 heteroatoms. The maximum Gasteiger partial charge on any atom is 0.251 e. The number of carbonyl (C=O) groups excluding carboxylic acids is 3. The number of nitrogens with zero attached hydrogens (tertiary/aromatic N) is 3. The minimum atomic E-state index is -0.673. The van der Waals surface area contributed by atoms with Crippen LogP contribution in [0.4, 0.5) is 10.1 Å². The molecule has 0 unspecified atom stereocenters. The summed E-state index contributed by atoms with van der Waals surface area (Å²) in [7, 11) is 0. The minimum Gasteiger partial charge on any atom is -0.368 e. The number of halogens is 1. The molecule has 0 aromatic heterocycles. The first kappa shape index (κ1) is 20.0. The van der Waals surface area contributed by atoms with Crippen LogP contribution in [0.25, 0.3) is 0 Å². The summed E-state index contributed by atoms with van der Waals surface area (Å²) < 4.78 is 14.1. The highest BCUT2D eigenvalue weighted by Crippen LogP contribution is 2.35. The molecule has 156 valence electrons. The predicted molar refractivity (Wildman–Crippen MR) is 105 cm³/mol. The number of primary amides is 1. The quantitative estimate of drug-likeness (QED) is 0.767. The molecule has 0 aliphatic carbocycles. The molecule has 3 amide bonds. The van der Waals surface area contributed by atoms with Crippen molar-refractivity contribution in [2.45, 2.75) is 50.1 Å². The van der Waals surface area contributed by atoms with E-state index in [-0.39, 0.29) is 18.0 Å². The van der Waals surface area contributed by atoms with Crippen LogP contribution in [-0.4, -0.2) is 65.3 Å². The number of nitrogens with two attached hydrogens (primary N) is 1. The maximum absolute atomic E-state index is 14.1. The minimum absolute atomic E-state index is 0.00167. The van der Waals surface area contributed by atoms with Gasteiger partial charge in [0.15, 0.2) is 0 Å². The monoisotopic (exact) mass is 402 g/mol. The van der Waals surface area contributed by atoms with E-state index >= 15 is 0 Å². The van der Waals surface area contributed by atoms with Gasteiger partial charge in [-0.1, -0.05) is 18.6 Å². The van der Waals surface area contributed by atoms with E-state index in [4.69, 9.17) is 5.73 Å². The lowest BCUT2D eigenvalue weighted by Crippen LogP contribution is -2.64. The third-order valence-corrected chi connectivity index (χ3v) is 6.70. The Morgan fingerprint density at radius 3 is 2.31 bits per heavy atom. The molecule has 1 atom stereocenters. The van der Waals surface area contributed by atoms with Crippen molar-refractivity contribution in [3.8, 4) is 0 Å². The normalized spacial score (nSPS) is 26.1. The Balaban J connectivity index is 1.48. The van der Waals surface area contributed by atoms with Gasteiger partial charge in [0.2, 0.25) is 11.8 Å². The summed E-state index contributed by atoms with van der Waals surface area (Å²) >= 11 is 0. The van der Waals surface area contributed by atoms with Gasteiger partial charge >= 0.3 is 0 Å². The lowest BCUT2D eigenvalue weighted by atomic mass is 9.83. The Morgan fingerprint density at radius 1 is 1.03 bits per heavy atom. The summed E-state index contributed by atoms with van der Waals surface area (Å²) in [4.78, 5) is 43.0. The third-order valence-electron chi connectivity index (χ3n) is 6.70. The number of benzene rings is 1. The Labute approximate surface area is 169 Å². The van der Waals surface area contributed by atoms with Crippen molar-refractivity contribution in [3.63, 3.8) is 0 Å². The van der Waals surface area contributed by atoms with Crippen molar-refractivity contribution in [2.24, 2.45) is 5.73 Å². The Morgan fingerprint density at radius 2 is 1.69 bits per heavy atom. The number of imide groups is 1. The highest BCUT2D eigenvalue weighted by Gasteiger charge is 2.49. The van der Waals surface area contributed by atoms with Gasteiger partial charge in [0.05, 0.1) is 18.2 Å². The summed E-state index contributed by atoms with van der Waals surface area (Å²) in [5.41, 5.74) is 5.15. The molecule has 3 aliphatic heterocycles. The van der Waals surface area contributed by atoms with Gasteiger partial charge in [-0.2, -0.15) is 0 Å². The van der Waals surface area contributed by atoms with Crippen molar-refractivity contribution in [2.75, 3.05) is 31.1 Å². The SMILES string of the molecule is NC(=O)C1(N2CCCCC2)CCN([C@@H]2CC(=O)N(c3ccccc3F)C2=O)CC1. The number of amides is 3. The zero-order chi connectivity index (χ0) is 20.6. The molecule has 7 nitrogen and oxygen atoms in total. The first-order valence-corrected chi connectivity index (χ1v) is 10.3. The van der Waals surface area contributed by atoms with E-state index < -0.39 is 29.2 Å². The summed E-state index contributed by atoms with van der Waals surface area (Å²) in [6.45, 7) is 2.75. The van der Waals surface area contributed by atoms with Crippen molar-refractivity contribution < 1.29 is 18.8 Å². The highest BCUT2D eigenvalue weighted by molar-refractivity contribution is 6.22. The standard InChI is InChI=1S/C21H27FN4O3/c22-15-6-2-3-7-16(15)26-18(27)14-17(19(26)28)24-12-8-21(9-13-24,20(23)29)25-10-4-1-5-11-25/h2-3,6-7,17H,1,4-5,8-14H2,(H2,23,29)/t17-/m1/s1. The highest BCUT2D eigenvalue weighted by atomic mass is 19.1. The molecule has 1 aromatic rings. The van der Waals surface area contributed by atoms with E-state index in [0.29, 0.717) is 25.9 Å². The van der Waals surface area contributed by atoms with E-state index in [9.17, 15) is 18.8 Å². The van der Waals surface area contributed by atoms with Crippen LogP contribution in [0, 0.1) is 5.82 Å². The smallest absolute Gasteiger partial charge is 0.251 e. The van der Waals surface area contributed by atoms with Crippen LogP contribution < -0.4 is 10.6 Å². The molecule has 0 spiro atoms. The second-order valence-electron chi connectivity index (χ2n) is 8.22. The van der Waals surface area contributed by atoms with Gasteiger partial charge in [-0.05, 0) is 50.9 Å². The third kappa shape index (κ3) is 3.44. The number of piperidine rings is 2. The Kier molecular flexibility index (Phi) is 5.40. The molecule has 4 rings (SSSR count). The fraction of sp³-hybridized carbons (Fsp3) is 0.571. The predicted octanol–water partition coefficient (Wildman–Crippen LogP) is 1.26. The molecule has 0 saturated carbocycles. The second kappa shape index (κ2) is 7.84. The largest absolute Gasteiger partial charge is 0.368 e. The van der Waals surface area contributed by atoms with Crippen molar-refractivity contribution in [1.29, 1.82) is 0 Å². The second-order valence-corrected chi connectivity index (χ2v) is 8.22. The summed E-state index contributed by atoms with van der Waals surface area (Å²) in [6.07, 6.45) is 4.40. The summed E-state index contributed by atoms with van der Waals surface area (Å²) in [6, 6.07) is 5.19. The number of likely N-dealkylation sites (tertiary alicyclic amines) is 2. The molecule has 3 saturated heterocycles. The lowest BCUT2D eigenvalue weighted by Gasteiger charge is -2.48. The van der Waals surface area contributed by atoms with Gasteiger partial charge in [-0.15, -0.1) is 0 Å². The van der Waals surface area contributed by atoms with E-state index in [1.807, 2.05) is 4.90 Å². The van der Waals surface area contributed by atoms with Crippen LogP contribution in [0.2, 0.25) is 0 Å². The molecule has 0 bridgehead atoms. The number of hydrogen-bond acceptors (Lipinski definition) is 5. The van der Waals surface area contributed by atoms with Crippen molar-refractivity contribution in [1.82, 2.24) is 9.80 Å². The molecule has 29 heavy (non-hydrogen) atoms. The summed E-state index contributed by atoms with van der Waals surface area (Å²) in [5, 5.41) is 0. The van der Waals surface area contributed by atoms with Gasteiger partial charge in [0, 0.05) is 13.1 Å². The fourth-order valence-corrected chi connectivity index (χ4v) is 5.03. The van der Waals surface area contributed by atoms with E-state index in [2.05, 4.69) is 4.90 Å². The van der Waals surface area contributed by atoms with E-state index in [1.54, 1.807) is 6.07 Å². The van der Waals surface area contributed by atoms with Gasteiger partial charge < -0.3 is 5.73 Å². The number of hydrogen-bond donors (Lipinski definition) is 1. The average molecular weight is 402 g/mol. The van der Waals surface area contributed by atoms with Crippen LogP contribution >= 0.6 is 0 Å². The van der Waals surface area contributed by atoms with Crippen LogP contribution in [0.3, 0.4) is 0 Å². The lowest BCUT2D eigenvalue weighted by molar-refractivity contribution is -0.136. The Hall–Kier alpha value is -2.32. The maximum atomic E-state index is 14.1. The Bertz CT molecular complexity index is 816. The molecule has 3 fully saturated rings. The van der Waals surface area contributed by atoms with Crippen LogP contribution in [-0.2, 0) is 14.4 Å². The van der Waals surface area contributed by atoms with Crippen molar-refractivity contribution in [3.05, 3.63) is 30.1 Å². The zero-order valence-corrected chi connectivity index (χ0v) is 16.5. The van der Waals surface area contributed by atoms with Crippen LogP contribution in [0.15, 0.2) is 24.3 Å².